The molecular formula is C82H145NO10. The number of aliphatic hydroxyl groups excluding tert-OH is 5. The monoisotopic (exact) mass is 1300 g/mol. The molecule has 1 amide bonds. The quantitative estimate of drug-likeness (QED) is 0.0195. The largest absolute Gasteiger partial charge is 0.454 e. The summed E-state index contributed by atoms with van der Waals surface area (Å²) in [5.41, 5.74) is 0. The lowest BCUT2D eigenvalue weighted by molar-refractivity contribution is -0.305. The van der Waals surface area contributed by atoms with Crippen LogP contribution in [0.2, 0.25) is 0 Å². The van der Waals surface area contributed by atoms with Gasteiger partial charge in [0.1, 0.15) is 24.4 Å². The average molecular weight is 1310 g/mol. The summed E-state index contributed by atoms with van der Waals surface area (Å²) in [6.45, 7) is 5.78. The van der Waals surface area contributed by atoms with Crippen LogP contribution in [-0.2, 0) is 23.8 Å². The van der Waals surface area contributed by atoms with Crippen molar-refractivity contribution in [2.45, 2.75) is 397 Å². The van der Waals surface area contributed by atoms with Crippen molar-refractivity contribution in [3.05, 3.63) is 97.2 Å². The summed E-state index contributed by atoms with van der Waals surface area (Å²) < 4.78 is 17.7. The Morgan fingerprint density at radius 3 is 1.13 bits per heavy atom. The first kappa shape index (κ1) is 87.6. The van der Waals surface area contributed by atoms with E-state index < -0.39 is 67.4 Å². The van der Waals surface area contributed by atoms with Gasteiger partial charge < -0.3 is 45.1 Å². The zero-order chi connectivity index (χ0) is 67.4. The van der Waals surface area contributed by atoms with Crippen LogP contribution < -0.4 is 5.32 Å². The number of carbonyl (C=O) groups excluding carboxylic acids is 2. The second-order valence-electron chi connectivity index (χ2n) is 26.7. The second kappa shape index (κ2) is 68.5. The Morgan fingerprint density at radius 2 is 0.742 bits per heavy atom. The van der Waals surface area contributed by atoms with Gasteiger partial charge in [0.05, 0.1) is 25.4 Å². The maximum absolute atomic E-state index is 13.5. The number of aliphatic hydroxyl groups is 5. The Hall–Kier alpha value is -3.42. The van der Waals surface area contributed by atoms with Crippen molar-refractivity contribution < 1.29 is 49.3 Å². The first-order chi connectivity index (χ1) is 45.7. The zero-order valence-electron chi connectivity index (χ0n) is 60.1. The number of amides is 1. The van der Waals surface area contributed by atoms with E-state index in [2.05, 4.69) is 111 Å². The van der Waals surface area contributed by atoms with E-state index in [0.29, 0.717) is 12.8 Å². The minimum atomic E-state index is -1.62. The van der Waals surface area contributed by atoms with E-state index >= 15 is 0 Å². The summed E-state index contributed by atoms with van der Waals surface area (Å²) >= 11 is 0. The van der Waals surface area contributed by atoms with E-state index in [-0.39, 0.29) is 19.4 Å². The highest BCUT2D eigenvalue weighted by atomic mass is 16.7. The minimum Gasteiger partial charge on any atom is -0.454 e. The van der Waals surface area contributed by atoms with E-state index in [9.17, 15) is 35.1 Å². The first-order valence-electron chi connectivity index (χ1n) is 39.0. The molecule has 0 radical (unpaired) electrons. The third-order valence-corrected chi connectivity index (χ3v) is 18.0. The second-order valence-corrected chi connectivity index (χ2v) is 26.7. The van der Waals surface area contributed by atoms with Crippen LogP contribution in [0.4, 0.5) is 0 Å². The maximum Gasteiger partial charge on any atom is 0.306 e. The van der Waals surface area contributed by atoms with Gasteiger partial charge in [-0.3, -0.25) is 9.59 Å². The molecular weight excluding hydrogens is 1160 g/mol. The van der Waals surface area contributed by atoms with Crippen molar-refractivity contribution in [1.29, 1.82) is 0 Å². The smallest absolute Gasteiger partial charge is 0.306 e. The zero-order valence-corrected chi connectivity index (χ0v) is 60.1. The highest BCUT2D eigenvalue weighted by molar-refractivity contribution is 5.80. The number of esters is 1. The van der Waals surface area contributed by atoms with Gasteiger partial charge in [-0.05, 0) is 109 Å². The molecule has 1 aliphatic heterocycles. The van der Waals surface area contributed by atoms with Crippen molar-refractivity contribution in [2.24, 2.45) is 0 Å². The summed E-state index contributed by atoms with van der Waals surface area (Å²) in [5, 5.41) is 57.4. The molecule has 0 spiro atoms. The molecule has 1 rings (SSSR count). The SMILES string of the molecule is CCCCC/C=C\C/C=C\C/C=C\C/C=C\CCCCCCCCCCCC(=O)OC1C(OCC(NC(=O)C(O)CCCCCCCCCCCCCCC/C=C\C/C=C\C/C=C\CCCCC)C(O)/C=C/CCCCCCCCCCCCC)OC(CO)C(O)C1O. The molecule has 0 aliphatic carbocycles. The number of ether oxygens (including phenoxy) is 3. The molecule has 0 aromatic carbocycles. The van der Waals surface area contributed by atoms with Crippen molar-refractivity contribution in [3.8, 4) is 0 Å². The molecule has 6 N–H and O–H groups in total. The van der Waals surface area contributed by atoms with Crippen molar-refractivity contribution >= 4 is 11.9 Å². The Balaban J connectivity index is 2.54. The normalized spacial score (nSPS) is 18.4. The highest BCUT2D eigenvalue weighted by Gasteiger charge is 2.47. The highest BCUT2D eigenvalue weighted by Crippen LogP contribution is 2.26. The fraction of sp³-hybridized carbons (Fsp3) is 0.780. The number of nitrogens with one attached hydrogen (secondary N) is 1. The summed E-state index contributed by atoms with van der Waals surface area (Å²) in [6.07, 6.45) is 83.0. The molecule has 1 saturated heterocycles. The average Bonchev–Trinajstić information content (AvgIpc) is 0.843. The Labute approximate surface area is 571 Å². The third kappa shape index (κ3) is 55.3. The van der Waals surface area contributed by atoms with Gasteiger partial charge >= 0.3 is 5.97 Å². The van der Waals surface area contributed by atoms with E-state index in [0.717, 1.165) is 103 Å². The van der Waals surface area contributed by atoms with E-state index in [1.54, 1.807) is 6.08 Å². The van der Waals surface area contributed by atoms with Gasteiger partial charge in [0, 0.05) is 6.42 Å². The predicted molar refractivity (Wildman–Crippen MR) is 393 cm³/mol. The minimum absolute atomic E-state index is 0.114. The standard InChI is InChI=1S/C82H145NO10/c1-4-7-10-13-16-19-22-25-27-29-31-33-35-37-39-40-42-44-46-48-51-54-57-60-63-66-69-75(86)81(90)83-73(74(85)68-65-62-59-56-53-50-24-21-18-15-12-9-6-3)72-91-82-80(79(89)78(88)76(71-84)92-82)93-77(87)70-67-64-61-58-55-52-49-47-45-43-41-38-36-34-32-30-28-26-23-20-17-14-11-8-5-2/h16-17,19-20,25-28,31-34,38,41,65,68,73-76,78-80,82,84-86,88-89H,4-15,18,21-24,29-30,35-37,39-40,42-64,66-67,69-72H2,1-3H3,(H,83,90)/b19-16-,20-17-,27-25-,28-26-,33-31-,34-32-,41-38-,68-65+. The predicted octanol–water partition coefficient (Wildman–Crippen LogP) is 21.0. The Morgan fingerprint density at radius 1 is 0.419 bits per heavy atom. The maximum atomic E-state index is 13.5. The molecule has 0 bridgehead atoms. The van der Waals surface area contributed by atoms with Gasteiger partial charge in [0.15, 0.2) is 12.4 Å². The van der Waals surface area contributed by atoms with Crippen molar-refractivity contribution in [1.82, 2.24) is 5.32 Å². The lowest BCUT2D eigenvalue weighted by atomic mass is 9.99. The molecule has 0 aromatic rings. The van der Waals surface area contributed by atoms with Crippen LogP contribution in [0.3, 0.4) is 0 Å². The van der Waals surface area contributed by atoms with Gasteiger partial charge in [0.2, 0.25) is 5.91 Å². The topological polar surface area (TPSA) is 175 Å². The molecule has 0 aromatic heterocycles. The van der Waals surface area contributed by atoms with Crippen LogP contribution >= 0.6 is 0 Å². The first-order valence-corrected chi connectivity index (χ1v) is 39.0. The molecule has 11 nitrogen and oxygen atoms in total. The molecule has 1 aliphatic rings. The molecule has 1 heterocycles. The lowest BCUT2D eigenvalue weighted by Gasteiger charge is -2.41. The van der Waals surface area contributed by atoms with Crippen LogP contribution in [0.5, 0.6) is 0 Å². The third-order valence-electron chi connectivity index (χ3n) is 18.0. The van der Waals surface area contributed by atoms with Crippen LogP contribution in [0.1, 0.15) is 348 Å². The van der Waals surface area contributed by atoms with Gasteiger partial charge in [0.25, 0.3) is 0 Å². The summed E-state index contributed by atoms with van der Waals surface area (Å²) in [5.74, 6) is -1.19. The fourth-order valence-corrected chi connectivity index (χ4v) is 11.8. The van der Waals surface area contributed by atoms with Gasteiger partial charge in [-0.15, -0.1) is 0 Å². The summed E-state index contributed by atoms with van der Waals surface area (Å²) in [6, 6.07) is -1.03. The molecule has 11 heteroatoms. The molecule has 538 valence electrons. The number of unbranched alkanes of at least 4 members (excludes halogenated alkanes) is 39. The van der Waals surface area contributed by atoms with E-state index in [1.165, 1.54) is 199 Å². The van der Waals surface area contributed by atoms with Gasteiger partial charge in [-0.2, -0.15) is 0 Å². The summed E-state index contributed by atoms with van der Waals surface area (Å²) in [7, 11) is 0. The van der Waals surface area contributed by atoms with Gasteiger partial charge in [-0.25, -0.2) is 0 Å². The van der Waals surface area contributed by atoms with Gasteiger partial charge in [-0.1, -0.05) is 330 Å². The number of rotatable bonds is 67. The lowest BCUT2D eigenvalue weighted by Crippen LogP contribution is -2.61. The van der Waals surface area contributed by atoms with Crippen LogP contribution in [0.25, 0.3) is 0 Å². The fourth-order valence-electron chi connectivity index (χ4n) is 11.8. The Kier molecular flexibility index (Phi) is 64.5. The molecule has 0 saturated carbocycles. The molecule has 8 unspecified atom stereocenters. The number of hydrogen-bond donors (Lipinski definition) is 6. The van der Waals surface area contributed by atoms with E-state index in [1.807, 2.05) is 6.08 Å². The van der Waals surface area contributed by atoms with Crippen LogP contribution in [-0.4, -0.2) is 99.6 Å². The Bertz CT molecular complexity index is 1890. The number of carbonyl (C=O) groups is 2. The molecule has 8 atom stereocenters. The van der Waals surface area contributed by atoms with E-state index in [4.69, 9.17) is 14.2 Å². The van der Waals surface area contributed by atoms with Crippen molar-refractivity contribution in [2.75, 3.05) is 13.2 Å². The van der Waals surface area contributed by atoms with Crippen LogP contribution in [0, 0.1) is 0 Å². The van der Waals surface area contributed by atoms with Crippen LogP contribution in [0.15, 0.2) is 97.2 Å². The van der Waals surface area contributed by atoms with Crippen molar-refractivity contribution in [3.63, 3.8) is 0 Å². The number of allylic oxidation sites excluding steroid dienone is 15. The number of hydrogen-bond acceptors (Lipinski definition) is 10. The molecule has 1 fully saturated rings. The molecule has 93 heavy (non-hydrogen) atoms. The summed E-state index contributed by atoms with van der Waals surface area (Å²) in [4.78, 5) is 26.8.